The molecule has 0 radical (unpaired) electrons. The first kappa shape index (κ1) is 14.8. The fourth-order valence-corrected chi connectivity index (χ4v) is 4.74. The van der Waals surface area contributed by atoms with Gasteiger partial charge in [0.15, 0.2) is 9.84 Å². The van der Waals surface area contributed by atoms with Crippen LogP contribution in [0.4, 0.5) is 0 Å². The summed E-state index contributed by atoms with van der Waals surface area (Å²) in [6, 6.07) is 8.84. The highest BCUT2D eigenvalue weighted by Crippen LogP contribution is 2.23. The van der Waals surface area contributed by atoms with E-state index in [1.165, 1.54) is 0 Å². The van der Waals surface area contributed by atoms with Crippen molar-refractivity contribution in [1.82, 2.24) is 15.1 Å². The number of aromatic nitrogens is 2. The average molecular weight is 319 g/mol. The van der Waals surface area contributed by atoms with Crippen LogP contribution < -0.4 is 5.32 Å². The van der Waals surface area contributed by atoms with Crippen LogP contribution in [0.5, 0.6) is 0 Å². The Labute approximate surface area is 129 Å². The third-order valence-electron chi connectivity index (χ3n) is 3.82. The Morgan fingerprint density at radius 1 is 1.32 bits per heavy atom. The Morgan fingerprint density at radius 3 is 2.59 bits per heavy atom. The van der Waals surface area contributed by atoms with Crippen molar-refractivity contribution in [2.45, 2.75) is 18.9 Å². The molecule has 7 heteroatoms. The van der Waals surface area contributed by atoms with Gasteiger partial charge in [-0.2, -0.15) is 5.10 Å². The summed E-state index contributed by atoms with van der Waals surface area (Å²) in [6.07, 6.45) is 3.95. The average Bonchev–Trinajstić information content (AvgIpc) is 3.07. The summed E-state index contributed by atoms with van der Waals surface area (Å²) >= 11 is 0. The summed E-state index contributed by atoms with van der Waals surface area (Å²) in [7, 11) is -3.04. The zero-order chi connectivity index (χ0) is 15.8. The highest BCUT2D eigenvalue weighted by Gasteiger charge is 2.39. The van der Waals surface area contributed by atoms with Gasteiger partial charge in [0.1, 0.15) is 0 Å². The molecule has 1 fully saturated rings. The van der Waals surface area contributed by atoms with E-state index in [0.717, 1.165) is 5.69 Å². The van der Waals surface area contributed by atoms with E-state index in [1.807, 2.05) is 12.3 Å². The van der Waals surface area contributed by atoms with Crippen LogP contribution in [0.2, 0.25) is 0 Å². The maximum absolute atomic E-state index is 12.3. The number of nitrogens with one attached hydrogen (secondary N) is 1. The normalized spacial score (nSPS) is 23.3. The quantitative estimate of drug-likeness (QED) is 0.921. The van der Waals surface area contributed by atoms with E-state index in [0.29, 0.717) is 12.0 Å². The number of hydrogen-bond acceptors (Lipinski definition) is 4. The zero-order valence-electron chi connectivity index (χ0n) is 12.2. The minimum absolute atomic E-state index is 0.00287. The van der Waals surface area contributed by atoms with Gasteiger partial charge in [0.05, 0.1) is 22.7 Å². The van der Waals surface area contributed by atoms with Gasteiger partial charge in [0, 0.05) is 18.0 Å². The number of carbonyl (C=O) groups excluding carboxylic acids is 1. The second kappa shape index (κ2) is 5.24. The predicted octanol–water partition coefficient (Wildman–Crippen LogP) is 1.18. The van der Waals surface area contributed by atoms with Crippen LogP contribution in [-0.4, -0.2) is 41.2 Å². The molecule has 1 aliphatic heterocycles. The lowest BCUT2D eigenvalue weighted by molar-refractivity contribution is 0.0915. The van der Waals surface area contributed by atoms with Crippen molar-refractivity contribution in [3.8, 4) is 5.69 Å². The molecular formula is C15H17N3O3S. The molecule has 1 aliphatic rings. The van der Waals surface area contributed by atoms with Crippen molar-refractivity contribution in [2.75, 3.05) is 11.5 Å². The third-order valence-corrected chi connectivity index (χ3v) is 5.72. The van der Waals surface area contributed by atoms with Crippen LogP contribution in [0.25, 0.3) is 5.69 Å². The fraction of sp³-hybridized carbons (Fsp3) is 0.333. The van der Waals surface area contributed by atoms with Crippen molar-refractivity contribution < 1.29 is 13.2 Å². The summed E-state index contributed by atoms with van der Waals surface area (Å²) in [6.45, 7) is 1.77. The SMILES string of the molecule is C[C@]1(NC(=O)c2ccc(-n3cccn3)cc2)CCS(=O)(=O)C1. The first-order valence-corrected chi connectivity index (χ1v) is 8.82. The van der Waals surface area contributed by atoms with Crippen LogP contribution in [0.1, 0.15) is 23.7 Å². The summed E-state index contributed by atoms with van der Waals surface area (Å²) in [4.78, 5) is 12.3. The van der Waals surface area contributed by atoms with Gasteiger partial charge in [-0.3, -0.25) is 4.79 Å². The molecule has 1 aromatic heterocycles. The molecular weight excluding hydrogens is 302 g/mol. The molecule has 2 heterocycles. The van der Waals surface area contributed by atoms with Crippen molar-refractivity contribution in [3.63, 3.8) is 0 Å². The van der Waals surface area contributed by atoms with E-state index < -0.39 is 15.4 Å². The summed E-state index contributed by atoms with van der Waals surface area (Å²) in [5.74, 6) is -0.134. The van der Waals surface area contributed by atoms with Gasteiger partial charge in [-0.05, 0) is 43.7 Å². The van der Waals surface area contributed by atoms with Crippen molar-refractivity contribution in [1.29, 1.82) is 0 Å². The van der Waals surface area contributed by atoms with Crippen LogP contribution in [0.15, 0.2) is 42.7 Å². The van der Waals surface area contributed by atoms with Crippen molar-refractivity contribution in [3.05, 3.63) is 48.3 Å². The van der Waals surface area contributed by atoms with E-state index in [2.05, 4.69) is 10.4 Å². The van der Waals surface area contributed by atoms with Gasteiger partial charge in [-0.25, -0.2) is 13.1 Å². The maximum Gasteiger partial charge on any atom is 0.251 e. The van der Waals surface area contributed by atoms with E-state index >= 15 is 0 Å². The number of nitrogens with zero attached hydrogens (tertiary/aromatic N) is 2. The monoisotopic (exact) mass is 319 g/mol. The molecule has 6 nitrogen and oxygen atoms in total. The molecule has 1 saturated heterocycles. The first-order chi connectivity index (χ1) is 10.4. The Bertz CT molecular complexity index is 782. The van der Waals surface area contributed by atoms with Gasteiger partial charge < -0.3 is 5.32 Å². The number of benzene rings is 1. The molecule has 2 aromatic rings. The van der Waals surface area contributed by atoms with E-state index in [1.54, 1.807) is 42.1 Å². The highest BCUT2D eigenvalue weighted by molar-refractivity contribution is 7.91. The molecule has 1 aromatic carbocycles. The molecule has 0 saturated carbocycles. The predicted molar refractivity (Wildman–Crippen MR) is 82.7 cm³/mol. The second-order valence-electron chi connectivity index (χ2n) is 5.85. The number of amides is 1. The van der Waals surface area contributed by atoms with E-state index in [-0.39, 0.29) is 17.4 Å². The number of carbonyl (C=O) groups is 1. The minimum atomic E-state index is -3.04. The van der Waals surface area contributed by atoms with Crippen LogP contribution in [0, 0.1) is 0 Å². The number of hydrogen-bond donors (Lipinski definition) is 1. The summed E-state index contributed by atoms with van der Waals surface area (Å²) in [5, 5.41) is 6.96. The maximum atomic E-state index is 12.3. The summed E-state index contributed by atoms with van der Waals surface area (Å²) < 4.78 is 24.9. The fourth-order valence-electron chi connectivity index (χ4n) is 2.64. The zero-order valence-corrected chi connectivity index (χ0v) is 13.0. The van der Waals surface area contributed by atoms with E-state index in [9.17, 15) is 13.2 Å². The molecule has 0 bridgehead atoms. The molecule has 22 heavy (non-hydrogen) atoms. The van der Waals surface area contributed by atoms with Crippen LogP contribution in [0.3, 0.4) is 0 Å². The molecule has 3 rings (SSSR count). The molecule has 0 unspecified atom stereocenters. The lowest BCUT2D eigenvalue weighted by Crippen LogP contribution is -2.46. The largest absolute Gasteiger partial charge is 0.346 e. The van der Waals surface area contributed by atoms with Crippen LogP contribution in [-0.2, 0) is 9.84 Å². The van der Waals surface area contributed by atoms with Crippen LogP contribution >= 0.6 is 0 Å². The second-order valence-corrected chi connectivity index (χ2v) is 8.04. The number of sulfone groups is 1. The Morgan fingerprint density at radius 2 is 2.05 bits per heavy atom. The lowest BCUT2D eigenvalue weighted by atomic mass is 10.0. The Kier molecular flexibility index (Phi) is 3.52. The summed E-state index contributed by atoms with van der Waals surface area (Å²) in [5.41, 5.74) is 0.675. The first-order valence-electron chi connectivity index (χ1n) is 7.00. The Hall–Kier alpha value is -2.15. The third kappa shape index (κ3) is 3.04. The van der Waals surface area contributed by atoms with Gasteiger partial charge in [0.2, 0.25) is 0 Å². The van der Waals surface area contributed by atoms with E-state index in [4.69, 9.17) is 0 Å². The van der Waals surface area contributed by atoms with Gasteiger partial charge >= 0.3 is 0 Å². The number of rotatable bonds is 3. The lowest BCUT2D eigenvalue weighted by Gasteiger charge is -2.23. The highest BCUT2D eigenvalue weighted by atomic mass is 32.2. The minimum Gasteiger partial charge on any atom is -0.346 e. The van der Waals surface area contributed by atoms with Gasteiger partial charge in [0.25, 0.3) is 5.91 Å². The van der Waals surface area contributed by atoms with Crippen molar-refractivity contribution in [2.24, 2.45) is 0 Å². The van der Waals surface area contributed by atoms with Crippen molar-refractivity contribution >= 4 is 15.7 Å². The van der Waals surface area contributed by atoms with Gasteiger partial charge in [-0.15, -0.1) is 0 Å². The topological polar surface area (TPSA) is 81.1 Å². The smallest absolute Gasteiger partial charge is 0.251 e. The molecule has 116 valence electrons. The van der Waals surface area contributed by atoms with Gasteiger partial charge in [-0.1, -0.05) is 0 Å². The standard InChI is InChI=1S/C15H17N3O3S/c1-15(7-10-22(20,21)11-15)17-14(19)12-3-5-13(6-4-12)18-9-2-8-16-18/h2-6,8-9H,7,10-11H2,1H3,(H,17,19)/t15-/m0/s1. The molecule has 1 N–H and O–H groups in total. The molecule has 0 aliphatic carbocycles. The molecule has 1 atom stereocenters. The molecule has 1 amide bonds. The Balaban J connectivity index is 1.73. The molecule has 0 spiro atoms.